The summed E-state index contributed by atoms with van der Waals surface area (Å²) < 4.78 is 38.4. The highest BCUT2D eigenvalue weighted by Gasteiger charge is 2.45. The second-order valence-electron chi connectivity index (χ2n) is 6.55. The van der Waals surface area contributed by atoms with Gasteiger partial charge in [0.2, 0.25) is 0 Å². The van der Waals surface area contributed by atoms with Crippen molar-refractivity contribution in [3.63, 3.8) is 0 Å². The second kappa shape index (κ2) is 7.31. The van der Waals surface area contributed by atoms with Gasteiger partial charge >= 0.3 is 6.03 Å². The van der Waals surface area contributed by atoms with Crippen molar-refractivity contribution in [2.75, 3.05) is 13.2 Å². The summed E-state index contributed by atoms with van der Waals surface area (Å²) in [6.45, 7) is 3.03. The molecule has 2 aliphatic rings. The molecular weight excluding hydrogens is 344 g/mol. The topological polar surface area (TPSA) is 93.7 Å². The van der Waals surface area contributed by atoms with Gasteiger partial charge in [-0.15, -0.1) is 0 Å². The van der Waals surface area contributed by atoms with Crippen molar-refractivity contribution in [3.05, 3.63) is 29.8 Å². The molecule has 1 spiro atoms. The van der Waals surface area contributed by atoms with E-state index in [2.05, 4.69) is 10.0 Å². The number of sulfonamides is 1. The smallest absolute Gasteiger partial charge is 0.329 e. The summed E-state index contributed by atoms with van der Waals surface area (Å²) >= 11 is 0. The maximum atomic E-state index is 12.3. The number of nitrogens with one attached hydrogen (secondary N) is 2. The highest BCUT2D eigenvalue weighted by Crippen LogP contribution is 2.35. The SMILES string of the molecule is Cc1ccc(S(=O)(=O)NC(=O)NC2CCCCC23OCCCO3)cc1. The van der Waals surface area contributed by atoms with Crippen LogP contribution in [0.1, 0.15) is 37.7 Å². The van der Waals surface area contributed by atoms with Crippen molar-refractivity contribution in [1.82, 2.24) is 10.0 Å². The maximum absolute atomic E-state index is 12.3. The summed E-state index contributed by atoms with van der Waals surface area (Å²) in [7, 11) is -3.91. The minimum absolute atomic E-state index is 0.0526. The first kappa shape index (κ1) is 18.2. The molecule has 2 amide bonds. The number of rotatable bonds is 3. The number of hydrogen-bond acceptors (Lipinski definition) is 5. The second-order valence-corrected chi connectivity index (χ2v) is 8.24. The van der Waals surface area contributed by atoms with Crippen molar-refractivity contribution in [2.45, 2.75) is 55.8 Å². The lowest BCUT2D eigenvalue weighted by atomic mass is 9.88. The van der Waals surface area contributed by atoms with Gasteiger partial charge < -0.3 is 14.8 Å². The number of hydrogen-bond donors (Lipinski definition) is 2. The number of carbonyl (C=O) groups excluding carboxylic acids is 1. The molecule has 0 radical (unpaired) electrons. The Morgan fingerprint density at radius 1 is 1.12 bits per heavy atom. The van der Waals surface area contributed by atoms with Crippen LogP contribution in [0.4, 0.5) is 4.79 Å². The van der Waals surface area contributed by atoms with Gasteiger partial charge in [0, 0.05) is 6.42 Å². The third kappa shape index (κ3) is 4.13. The molecule has 1 aliphatic carbocycles. The minimum Gasteiger partial charge on any atom is -0.348 e. The molecule has 3 rings (SSSR count). The number of benzene rings is 1. The van der Waals surface area contributed by atoms with Crippen LogP contribution in [0.2, 0.25) is 0 Å². The van der Waals surface area contributed by atoms with Gasteiger partial charge in [-0.25, -0.2) is 17.9 Å². The fraction of sp³-hybridized carbons (Fsp3) is 0.588. The predicted molar refractivity (Wildman–Crippen MR) is 91.5 cm³/mol. The van der Waals surface area contributed by atoms with E-state index in [1.807, 2.05) is 6.92 Å². The fourth-order valence-electron chi connectivity index (χ4n) is 3.32. The molecule has 1 unspecified atom stereocenters. The lowest BCUT2D eigenvalue weighted by Crippen LogP contribution is -2.60. The van der Waals surface area contributed by atoms with E-state index < -0.39 is 21.8 Å². The van der Waals surface area contributed by atoms with Crippen LogP contribution in [0.15, 0.2) is 29.2 Å². The van der Waals surface area contributed by atoms with Gasteiger partial charge in [-0.3, -0.25) is 0 Å². The number of carbonyl (C=O) groups is 1. The monoisotopic (exact) mass is 368 g/mol. The zero-order valence-electron chi connectivity index (χ0n) is 14.3. The van der Waals surface area contributed by atoms with E-state index in [9.17, 15) is 13.2 Å². The van der Waals surface area contributed by atoms with Gasteiger partial charge in [0.15, 0.2) is 5.79 Å². The Hall–Kier alpha value is -1.64. The predicted octanol–water partition coefficient (Wildman–Crippen LogP) is 2.06. The Morgan fingerprint density at radius 2 is 1.80 bits per heavy atom. The first-order chi connectivity index (χ1) is 11.9. The summed E-state index contributed by atoms with van der Waals surface area (Å²) in [6, 6.07) is 5.19. The van der Waals surface area contributed by atoms with Crippen molar-refractivity contribution < 1.29 is 22.7 Å². The number of amides is 2. The van der Waals surface area contributed by atoms with E-state index in [1.54, 1.807) is 12.1 Å². The number of ether oxygens (including phenoxy) is 2. The first-order valence-corrected chi connectivity index (χ1v) is 10.1. The summed E-state index contributed by atoms with van der Waals surface area (Å²) in [5.41, 5.74) is 0.944. The van der Waals surface area contributed by atoms with Gasteiger partial charge in [-0.2, -0.15) is 0 Å². The van der Waals surface area contributed by atoms with Gasteiger partial charge in [0.05, 0.1) is 24.2 Å². The molecule has 7 nitrogen and oxygen atoms in total. The van der Waals surface area contributed by atoms with Crippen LogP contribution in [-0.2, 0) is 19.5 Å². The third-order valence-electron chi connectivity index (χ3n) is 4.64. The zero-order chi connectivity index (χ0) is 17.9. The average Bonchev–Trinajstić information content (AvgIpc) is 2.58. The molecule has 1 saturated heterocycles. The summed E-state index contributed by atoms with van der Waals surface area (Å²) in [5, 5.41) is 2.74. The van der Waals surface area contributed by atoms with Crippen LogP contribution in [0.5, 0.6) is 0 Å². The van der Waals surface area contributed by atoms with E-state index in [-0.39, 0.29) is 10.9 Å². The molecule has 1 saturated carbocycles. The van der Waals surface area contributed by atoms with Crippen LogP contribution in [0.25, 0.3) is 0 Å². The normalized spacial score (nSPS) is 23.2. The van der Waals surface area contributed by atoms with E-state index in [0.717, 1.165) is 24.8 Å². The molecule has 138 valence electrons. The molecule has 1 aromatic rings. The molecule has 25 heavy (non-hydrogen) atoms. The van der Waals surface area contributed by atoms with Crippen LogP contribution >= 0.6 is 0 Å². The van der Waals surface area contributed by atoms with Crippen molar-refractivity contribution in [1.29, 1.82) is 0 Å². The fourth-order valence-corrected chi connectivity index (χ4v) is 4.23. The van der Waals surface area contributed by atoms with Crippen molar-refractivity contribution in [3.8, 4) is 0 Å². The Bertz CT molecular complexity index is 703. The first-order valence-electron chi connectivity index (χ1n) is 8.59. The van der Waals surface area contributed by atoms with E-state index in [4.69, 9.17) is 9.47 Å². The van der Waals surface area contributed by atoms with Crippen LogP contribution in [-0.4, -0.2) is 39.5 Å². The van der Waals surface area contributed by atoms with Gasteiger partial charge in [0.25, 0.3) is 10.0 Å². The Balaban J connectivity index is 1.67. The number of urea groups is 1. The van der Waals surface area contributed by atoms with Crippen LogP contribution in [0.3, 0.4) is 0 Å². The summed E-state index contributed by atoms with van der Waals surface area (Å²) in [6.07, 6.45) is 4.11. The number of aryl methyl sites for hydroxylation is 1. The van der Waals surface area contributed by atoms with Crippen LogP contribution in [0, 0.1) is 6.92 Å². The van der Waals surface area contributed by atoms with Crippen molar-refractivity contribution >= 4 is 16.1 Å². The minimum atomic E-state index is -3.91. The molecule has 1 aliphatic heterocycles. The molecule has 8 heteroatoms. The van der Waals surface area contributed by atoms with Gasteiger partial charge in [-0.05, 0) is 38.3 Å². The maximum Gasteiger partial charge on any atom is 0.329 e. The summed E-state index contributed by atoms with van der Waals surface area (Å²) in [4.78, 5) is 12.3. The molecule has 1 heterocycles. The largest absolute Gasteiger partial charge is 0.348 e. The highest BCUT2D eigenvalue weighted by atomic mass is 32.2. The van der Waals surface area contributed by atoms with E-state index in [0.29, 0.717) is 26.1 Å². The molecule has 0 aromatic heterocycles. The highest BCUT2D eigenvalue weighted by molar-refractivity contribution is 7.90. The standard InChI is InChI=1S/C17H24N2O5S/c1-13-6-8-14(9-7-13)25(21,22)19-16(20)18-15-5-2-3-10-17(15)23-11-4-12-24-17/h6-9,15H,2-5,10-12H2,1H3,(H2,18,19,20). The molecule has 2 N–H and O–H groups in total. The Labute approximate surface area is 148 Å². The average molecular weight is 368 g/mol. The van der Waals surface area contributed by atoms with E-state index in [1.165, 1.54) is 12.1 Å². The van der Waals surface area contributed by atoms with E-state index >= 15 is 0 Å². The zero-order valence-corrected chi connectivity index (χ0v) is 15.1. The lowest BCUT2D eigenvalue weighted by Gasteiger charge is -2.45. The Morgan fingerprint density at radius 3 is 2.48 bits per heavy atom. The van der Waals surface area contributed by atoms with Gasteiger partial charge in [-0.1, -0.05) is 24.1 Å². The van der Waals surface area contributed by atoms with Gasteiger partial charge in [0.1, 0.15) is 0 Å². The van der Waals surface area contributed by atoms with Crippen LogP contribution < -0.4 is 10.0 Å². The Kier molecular flexibility index (Phi) is 5.31. The molecule has 1 aromatic carbocycles. The third-order valence-corrected chi connectivity index (χ3v) is 5.99. The molecule has 1 atom stereocenters. The lowest BCUT2D eigenvalue weighted by molar-refractivity contribution is -0.290. The molecule has 2 fully saturated rings. The summed E-state index contributed by atoms with van der Waals surface area (Å²) in [5.74, 6) is -0.832. The molecular formula is C17H24N2O5S. The molecule has 0 bridgehead atoms. The quantitative estimate of drug-likeness (QED) is 0.852. The van der Waals surface area contributed by atoms with Crippen molar-refractivity contribution in [2.24, 2.45) is 0 Å².